The lowest BCUT2D eigenvalue weighted by Crippen LogP contribution is -2.53. The van der Waals surface area contributed by atoms with Crippen molar-refractivity contribution in [1.82, 2.24) is 39.6 Å². The van der Waals surface area contributed by atoms with E-state index in [-0.39, 0.29) is 24.4 Å². The molecule has 3 aromatic heterocycles. The zero-order chi connectivity index (χ0) is 46.1. The summed E-state index contributed by atoms with van der Waals surface area (Å²) >= 11 is 3.54. The summed E-state index contributed by atoms with van der Waals surface area (Å²) in [6.45, 7) is 8.66. The number of fused-ring (bicyclic) bond motifs is 2. The Morgan fingerprint density at radius 1 is 0.924 bits per heavy atom. The lowest BCUT2D eigenvalue weighted by atomic mass is 9.99. The number of aryl methyl sites for hydroxylation is 1. The maximum absolute atomic E-state index is 12.9. The first kappa shape index (κ1) is 45.0. The zero-order valence-electron chi connectivity index (χ0n) is 36.8. The molecule has 6 aromatic rings. The van der Waals surface area contributed by atoms with Crippen LogP contribution in [-0.4, -0.2) is 120 Å². The molecule has 21 heteroatoms. The summed E-state index contributed by atoms with van der Waals surface area (Å²) in [5.74, 6) is -0.0297. The molecular weight excluding hydrogens is 933 g/mol. The van der Waals surface area contributed by atoms with Crippen LogP contribution in [0.15, 0.2) is 74.7 Å². The Kier molecular flexibility index (Phi) is 12.9. The molecule has 3 aromatic carbocycles. The number of benzene rings is 3. The molecule has 19 nitrogen and oxygen atoms in total. The van der Waals surface area contributed by atoms with Crippen LogP contribution in [0.3, 0.4) is 0 Å². The monoisotopic (exact) mass is 982 g/mol. The minimum absolute atomic E-state index is 0.181. The van der Waals surface area contributed by atoms with Gasteiger partial charge in [0.15, 0.2) is 5.58 Å². The Morgan fingerprint density at radius 2 is 1.71 bits per heavy atom. The summed E-state index contributed by atoms with van der Waals surface area (Å²) in [4.78, 5) is 62.7. The highest BCUT2D eigenvalue weighted by atomic mass is 79.9. The number of oxazole rings is 1. The molecule has 2 amide bonds. The lowest BCUT2D eigenvalue weighted by molar-refractivity contribution is -0.135. The van der Waals surface area contributed by atoms with Gasteiger partial charge in [0, 0.05) is 88.6 Å². The summed E-state index contributed by atoms with van der Waals surface area (Å²) in [6.07, 6.45) is 9.79. The fourth-order valence-electron chi connectivity index (χ4n) is 9.29. The first-order valence-electron chi connectivity index (χ1n) is 22.0. The summed E-state index contributed by atoms with van der Waals surface area (Å²) in [5.41, 5.74) is 6.63. The fourth-order valence-corrected chi connectivity index (χ4v) is 10.2. The molecule has 1 unspecified atom stereocenters. The number of halogens is 1. The quantitative estimate of drug-likeness (QED) is 0.101. The van der Waals surface area contributed by atoms with Crippen molar-refractivity contribution in [3.63, 3.8) is 0 Å². The third kappa shape index (κ3) is 9.56. The highest BCUT2D eigenvalue weighted by Crippen LogP contribution is 2.38. The van der Waals surface area contributed by atoms with Crippen LogP contribution in [-0.2, 0) is 32.5 Å². The van der Waals surface area contributed by atoms with E-state index >= 15 is 0 Å². The molecule has 3 saturated heterocycles. The number of hydrogen-bond acceptors (Lipinski definition) is 16. The van der Waals surface area contributed by atoms with Gasteiger partial charge in [-0.25, -0.2) is 18.2 Å². The molecular formula is C45H51BrN12O7S. The molecule has 0 aliphatic carbocycles. The van der Waals surface area contributed by atoms with Gasteiger partial charge >= 0.3 is 5.76 Å². The van der Waals surface area contributed by atoms with Gasteiger partial charge in [-0.2, -0.15) is 4.98 Å². The van der Waals surface area contributed by atoms with Crippen LogP contribution >= 0.6 is 15.9 Å². The van der Waals surface area contributed by atoms with Crippen LogP contribution < -0.4 is 36.1 Å². The van der Waals surface area contributed by atoms with E-state index in [2.05, 4.69) is 85.3 Å². The SMILES string of the molecule is CCc1cc(Nc2ncc(Br)c(Nc3ccc4nccnc4c3NS(C)(=O)=O)n2)c(OC)cc1N1CCC(N2CCN(CCc3cccc4c3oc(=O)n4C3CCC(=O)NC3=O)CC2)CC1. The normalized spacial score (nSPS) is 17.9. The van der Waals surface area contributed by atoms with Crippen molar-refractivity contribution in [3.8, 4) is 5.75 Å². The van der Waals surface area contributed by atoms with E-state index in [4.69, 9.17) is 14.1 Å². The predicted octanol–water partition coefficient (Wildman–Crippen LogP) is 5.33. The van der Waals surface area contributed by atoms with E-state index in [1.54, 1.807) is 37.7 Å². The Balaban J connectivity index is 0.813. The molecule has 0 spiro atoms. The van der Waals surface area contributed by atoms with Crippen molar-refractivity contribution in [2.75, 3.05) is 79.4 Å². The van der Waals surface area contributed by atoms with E-state index in [0.717, 1.165) is 88.1 Å². The molecule has 6 heterocycles. The number of rotatable bonds is 14. The third-order valence-electron chi connectivity index (χ3n) is 12.6. The van der Waals surface area contributed by atoms with Crippen LogP contribution in [0.4, 0.5) is 34.5 Å². The van der Waals surface area contributed by atoms with Crippen molar-refractivity contribution < 1.29 is 27.2 Å². The molecule has 3 fully saturated rings. The second-order valence-corrected chi connectivity index (χ2v) is 19.4. The van der Waals surface area contributed by atoms with Crippen LogP contribution in [0.1, 0.15) is 49.8 Å². The van der Waals surface area contributed by atoms with Gasteiger partial charge < -0.3 is 29.6 Å². The molecule has 0 saturated carbocycles. The summed E-state index contributed by atoms with van der Waals surface area (Å²) in [7, 11) is -2.01. The number of nitrogens with zero attached hydrogens (tertiary/aromatic N) is 8. The van der Waals surface area contributed by atoms with Gasteiger partial charge in [-0.1, -0.05) is 19.1 Å². The highest BCUT2D eigenvalue weighted by molar-refractivity contribution is 9.10. The van der Waals surface area contributed by atoms with Gasteiger partial charge in [0.05, 0.1) is 45.9 Å². The Hall–Kier alpha value is -6.16. The Labute approximate surface area is 389 Å². The number of aromatic nitrogens is 5. The predicted molar refractivity (Wildman–Crippen MR) is 256 cm³/mol. The topological polar surface area (TPSA) is 222 Å². The average Bonchev–Trinajstić information content (AvgIpc) is 3.65. The smallest absolute Gasteiger partial charge is 0.420 e. The van der Waals surface area contributed by atoms with Crippen molar-refractivity contribution >= 4 is 94.4 Å². The van der Waals surface area contributed by atoms with E-state index in [1.165, 1.54) is 10.8 Å². The molecule has 0 bridgehead atoms. The van der Waals surface area contributed by atoms with Gasteiger partial charge in [-0.15, -0.1) is 0 Å². The van der Waals surface area contributed by atoms with Crippen molar-refractivity contribution in [3.05, 3.63) is 87.2 Å². The summed E-state index contributed by atoms with van der Waals surface area (Å²) in [5, 5.41) is 8.93. The number of hydrogen-bond donors (Lipinski definition) is 4. The van der Waals surface area contributed by atoms with E-state index in [0.29, 0.717) is 68.0 Å². The molecule has 4 N–H and O–H groups in total. The fraction of sp³-hybridized carbons (Fsp3) is 0.400. The molecule has 1 atom stereocenters. The first-order chi connectivity index (χ1) is 31.8. The van der Waals surface area contributed by atoms with Crippen LogP contribution in [0.2, 0.25) is 0 Å². The van der Waals surface area contributed by atoms with Crippen LogP contribution in [0, 0.1) is 0 Å². The largest absolute Gasteiger partial charge is 0.494 e. The van der Waals surface area contributed by atoms with Crippen LogP contribution in [0.25, 0.3) is 22.1 Å². The number of nitrogens with one attached hydrogen (secondary N) is 4. The van der Waals surface area contributed by atoms with E-state index in [1.807, 2.05) is 12.1 Å². The van der Waals surface area contributed by atoms with Crippen molar-refractivity contribution in [2.45, 2.75) is 57.5 Å². The number of anilines is 6. The molecule has 9 rings (SSSR count). The maximum atomic E-state index is 12.9. The van der Waals surface area contributed by atoms with E-state index < -0.39 is 27.7 Å². The van der Waals surface area contributed by atoms with Gasteiger partial charge in [-0.05, 0) is 83.4 Å². The number of imide groups is 1. The standard InChI is InChI=1S/C45H51BrN12O7S/c1-4-27-24-33(51-44-49-26-30(46)42(53-44)50-32-9-8-31-39(48-16-15-47-31)40(32)54-66(3,62)63)37(64-2)25-36(27)57-18-13-29(14-19-57)56-22-20-55(21-23-56)17-12-28-6-5-7-34-41(28)65-45(61)58(34)35-10-11-38(59)52-43(35)60/h5-9,15-16,24-26,29,35,54H,4,10-14,17-23H2,1-3H3,(H,52,59,60)(H2,49,50,51,53). The average molecular weight is 984 g/mol. The second-order valence-electron chi connectivity index (χ2n) is 16.8. The van der Waals surface area contributed by atoms with Gasteiger partial charge in [0.1, 0.15) is 23.1 Å². The number of carbonyl (C=O) groups is 2. The number of ether oxygens (including phenoxy) is 1. The minimum atomic E-state index is -3.65. The number of amides is 2. The van der Waals surface area contributed by atoms with E-state index in [9.17, 15) is 22.8 Å². The molecule has 346 valence electrons. The van der Waals surface area contributed by atoms with Crippen LogP contribution in [0.5, 0.6) is 5.75 Å². The van der Waals surface area contributed by atoms with Crippen molar-refractivity contribution in [2.24, 2.45) is 0 Å². The number of sulfonamides is 1. The van der Waals surface area contributed by atoms with Gasteiger partial charge in [0.25, 0.3) is 0 Å². The lowest BCUT2D eigenvalue weighted by Gasteiger charge is -2.43. The van der Waals surface area contributed by atoms with Crippen molar-refractivity contribution in [1.29, 1.82) is 0 Å². The Morgan fingerprint density at radius 3 is 2.45 bits per heavy atom. The second kappa shape index (κ2) is 19.0. The zero-order valence-corrected chi connectivity index (χ0v) is 39.2. The maximum Gasteiger partial charge on any atom is 0.420 e. The van der Waals surface area contributed by atoms with Gasteiger partial charge in [0.2, 0.25) is 27.8 Å². The highest BCUT2D eigenvalue weighted by Gasteiger charge is 2.33. The summed E-state index contributed by atoms with van der Waals surface area (Å²) in [6, 6.07) is 13.0. The molecule has 3 aliphatic rings. The third-order valence-corrected chi connectivity index (χ3v) is 13.8. The Bertz CT molecular complexity index is 2980. The number of piperidine rings is 2. The number of para-hydroxylation sites is 1. The molecule has 0 radical (unpaired) electrons. The number of carbonyl (C=O) groups excluding carboxylic acids is 2. The molecule has 66 heavy (non-hydrogen) atoms. The number of methoxy groups -OCH3 is 1. The van der Waals surface area contributed by atoms with Gasteiger partial charge in [-0.3, -0.25) is 39.1 Å². The first-order valence-corrected chi connectivity index (χ1v) is 24.7. The molecule has 3 aliphatic heterocycles. The number of piperazine rings is 1. The summed E-state index contributed by atoms with van der Waals surface area (Å²) < 4.78 is 40.9. The minimum Gasteiger partial charge on any atom is -0.494 e.